The Morgan fingerprint density at radius 2 is 1.79 bits per heavy atom. The van der Waals surface area contributed by atoms with Crippen molar-refractivity contribution < 1.29 is 0 Å². The fourth-order valence-electron chi connectivity index (χ4n) is 4.96. The highest BCUT2D eigenvalue weighted by Gasteiger charge is 2.16. The number of anilines is 3. The van der Waals surface area contributed by atoms with Gasteiger partial charge in [0.25, 0.3) is 5.56 Å². The molecule has 0 amide bonds. The van der Waals surface area contributed by atoms with Crippen molar-refractivity contribution in [3.05, 3.63) is 94.6 Å². The number of aromatic nitrogens is 4. The van der Waals surface area contributed by atoms with Crippen LogP contribution in [0.25, 0.3) is 33.3 Å². The van der Waals surface area contributed by atoms with E-state index >= 15 is 0 Å². The average Bonchev–Trinajstić information content (AvgIpc) is 2.98. The Bertz CT molecular complexity index is 1680. The molecule has 0 unspecified atom stereocenters. The van der Waals surface area contributed by atoms with Gasteiger partial charge in [0, 0.05) is 89.8 Å². The first kappa shape index (κ1) is 25.0. The first-order valence-corrected chi connectivity index (χ1v) is 13.4. The first-order valence-electron chi connectivity index (χ1n) is 13.0. The molecule has 39 heavy (non-hydrogen) atoms. The van der Waals surface area contributed by atoms with Gasteiger partial charge >= 0.3 is 0 Å². The molecule has 1 saturated heterocycles. The molecule has 196 valence electrons. The van der Waals surface area contributed by atoms with Crippen LogP contribution in [0.5, 0.6) is 0 Å². The first-order chi connectivity index (χ1) is 19.1. The number of hydrogen-bond donors (Lipinski definition) is 2. The zero-order valence-electron chi connectivity index (χ0n) is 21.6. The van der Waals surface area contributed by atoms with Gasteiger partial charge in [-0.2, -0.15) is 4.98 Å². The zero-order chi connectivity index (χ0) is 26.8. The van der Waals surface area contributed by atoms with Crippen molar-refractivity contribution in [1.82, 2.24) is 24.8 Å². The van der Waals surface area contributed by atoms with Crippen molar-refractivity contribution in [2.45, 2.75) is 13.5 Å². The number of fused-ring (bicyclic) bond motifs is 1. The van der Waals surface area contributed by atoms with Gasteiger partial charge in [-0.15, -0.1) is 0 Å². The van der Waals surface area contributed by atoms with Crippen LogP contribution in [-0.2, 0) is 6.54 Å². The van der Waals surface area contributed by atoms with Gasteiger partial charge in [0.2, 0.25) is 5.95 Å². The number of piperazine rings is 1. The van der Waals surface area contributed by atoms with Gasteiger partial charge in [-0.25, -0.2) is 4.98 Å². The van der Waals surface area contributed by atoms with Gasteiger partial charge in [0.15, 0.2) is 0 Å². The number of hydrogen-bond acceptors (Lipinski definition) is 7. The van der Waals surface area contributed by atoms with Crippen molar-refractivity contribution in [1.29, 1.82) is 0 Å². The van der Waals surface area contributed by atoms with E-state index in [0.29, 0.717) is 34.3 Å². The SMILES string of the molecule is CCn1c(=O)c(-c2ccc(-c3cccnc3)cc2Cl)cc2cnc(Nc3ccc(N4CCNCC4)cc3)nc21. The number of nitrogens with zero attached hydrogens (tertiary/aromatic N) is 5. The molecule has 9 heteroatoms. The summed E-state index contributed by atoms with van der Waals surface area (Å²) >= 11 is 6.69. The minimum Gasteiger partial charge on any atom is -0.369 e. The number of aryl methyl sites for hydroxylation is 1. The van der Waals surface area contributed by atoms with Crippen LogP contribution in [0.4, 0.5) is 17.3 Å². The Labute approximate surface area is 231 Å². The van der Waals surface area contributed by atoms with Crippen LogP contribution in [-0.4, -0.2) is 45.7 Å². The van der Waals surface area contributed by atoms with Gasteiger partial charge in [0.1, 0.15) is 5.65 Å². The molecule has 1 aliphatic heterocycles. The van der Waals surface area contributed by atoms with E-state index in [-0.39, 0.29) is 5.56 Å². The molecule has 2 N–H and O–H groups in total. The highest BCUT2D eigenvalue weighted by atomic mass is 35.5. The summed E-state index contributed by atoms with van der Waals surface area (Å²) in [5, 5.41) is 7.92. The second-order valence-electron chi connectivity index (χ2n) is 9.43. The molecule has 1 aliphatic rings. The maximum Gasteiger partial charge on any atom is 0.260 e. The van der Waals surface area contributed by atoms with Gasteiger partial charge < -0.3 is 15.5 Å². The minimum absolute atomic E-state index is 0.147. The Kier molecular flexibility index (Phi) is 6.96. The van der Waals surface area contributed by atoms with Crippen molar-refractivity contribution in [2.75, 3.05) is 36.4 Å². The molecular weight excluding hydrogens is 510 g/mol. The van der Waals surface area contributed by atoms with Crippen LogP contribution in [0.2, 0.25) is 5.02 Å². The topological polar surface area (TPSA) is 88.0 Å². The summed E-state index contributed by atoms with van der Waals surface area (Å²) in [4.78, 5) is 29.4. The number of benzene rings is 2. The quantitative estimate of drug-likeness (QED) is 0.302. The van der Waals surface area contributed by atoms with Crippen molar-refractivity contribution in [3.63, 3.8) is 0 Å². The number of pyridine rings is 2. The molecule has 8 nitrogen and oxygen atoms in total. The van der Waals surface area contributed by atoms with Crippen LogP contribution in [0.1, 0.15) is 6.92 Å². The third kappa shape index (κ3) is 5.08. The van der Waals surface area contributed by atoms with E-state index in [1.165, 1.54) is 5.69 Å². The molecule has 0 aliphatic carbocycles. The summed E-state index contributed by atoms with van der Waals surface area (Å²) in [6.45, 7) is 6.38. The van der Waals surface area contributed by atoms with Crippen molar-refractivity contribution >= 4 is 40.0 Å². The van der Waals surface area contributed by atoms with Crippen LogP contribution in [0.3, 0.4) is 0 Å². The average molecular weight is 538 g/mol. The lowest BCUT2D eigenvalue weighted by molar-refractivity contribution is 0.589. The predicted octanol–water partition coefficient (Wildman–Crippen LogP) is 5.35. The van der Waals surface area contributed by atoms with Crippen LogP contribution in [0, 0.1) is 0 Å². The van der Waals surface area contributed by atoms with Gasteiger partial charge in [-0.05, 0) is 55.0 Å². The standard InChI is InChI=1S/C30H28ClN7O/c1-2-38-28-22(16-26(29(38)39)25-10-5-20(17-27(25)31)21-4-3-11-33-18-21)19-34-30(36-28)35-23-6-8-24(9-7-23)37-14-12-32-13-15-37/h3-11,16-19,32H,2,12-15H2,1H3,(H,34,35,36). The lowest BCUT2D eigenvalue weighted by atomic mass is 10.0. The normalized spacial score (nSPS) is 13.5. The molecule has 5 aromatic rings. The van der Waals surface area contributed by atoms with E-state index in [2.05, 4.69) is 37.6 Å². The third-order valence-electron chi connectivity index (χ3n) is 7.00. The molecule has 0 atom stereocenters. The van der Waals surface area contributed by atoms with Crippen LogP contribution in [0.15, 0.2) is 84.0 Å². The summed E-state index contributed by atoms with van der Waals surface area (Å²) in [5.41, 5.74) is 5.59. The molecule has 6 rings (SSSR count). The largest absolute Gasteiger partial charge is 0.369 e. The summed E-state index contributed by atoms with van der Waals surface area (Å²) in [7, 11) is 0. The fourth-order valence-corrected chi connectivity index (χ4v) is 5.24. The van der Waals surface area contributed by atoms with Gasteiger partial charge in [0.05, 0.1) is 0 Å². The van der Waals surface area contributed by atoms with Crippen molar-refractivity contribution in [2.24, 2.45) is 0 Å². The zero-order valence-corrected chi connectivity index (χ0v) is 22.3. The summed E-state index contributed by atoms with van der Waals surface area (Å²) in [6.07, 6.45) is 5.26. The van der Waals surface area contributed by atoms with Gasteiger partial charge in [-0.3, -0.25) is 14.3 Å². The van der Waals surface area contributed by atoms with Gasteiger partial charge in [-0.1, -0.05) is 29.8 Å². The maximum absolute atomic E-state index is 13.6. The summed E-state index contributed by atoms with van der Waals surface area (Å²) in [6, 6.07) is 19.6. The molecular formula is C30H28ClN7O. The highest BCUT2D eigenvalue weighted by Crippen LogP contribution is 2.32. The number of nitrogens with one attached hydrogen (secondary N) is 2. The second kappa shape index (κ2) is 10.8. The second-order valence-corrected chi connectivity index (χ2v) is 9.83. The van der Waals surface area contributed by atoms with Crippen LogP contribution < -0.4 is 21.1 Å². The van der Waals surface area contributed by atoms with E-state index in [1.54, 1.807) is 23.2 Å². The molecule has 3 aromatic heterocycles. The molecule has 0 radical (unpaired) electrons. The molecule has 2 aromatic carbocycles. The van der Waals surface area contributed by atoms with E-state index in [1.807, 2.05) is 55.5 Å². The third-order valence-corrected chi connectivity index (χ3v) is 7.32. The molecule has 4 heterocycles. The Balaban J connectivity index is 1.30. The van der Waals surface area contributed by atoms with E-state index in [9.17, 15) is 4.79 Å². The van der Waals surface area contributed by atoms with Crippen LogP contribution >= 0.6 is 11.6 Å². The highest BCUT2D eigenvalue weighted by molar-refractivity contribution is 6.33. The number of halogens is 1. The van der Waals surface area contributed by atoms with E-state index in [4.69, 9.17) is 16.6 Å². The smallest absolute Gasteiger partial charge is 0.260 e. The minimum atomic E-state index is -0.147. The monoisotopic (exact) mass is 537 g/mol. The molecule has 1 fully saturated rings. The maximum atomic E-state index is 13.6. The Morgan fingerprint density at radius 1 is 0.974 bits per heavy atom. The lowest BCUT2D eigenvalue weighted by Crippen LogP contribution is -2.43. The lowest BCUT2D eigenvalue weighted by Gasteiger charge is -2.29. The Hall–Kier alpha value is -4.27. The van der Waals surface area contributed by atoms with E-state index < -0.39 is 0 Å². The summed E-state index contributed by atoms with van der Waals surface area (Å²) < 4.78 is 1.66. The number of rotatable bonds is 6. The molecule has 0 saturated carbocycles. The fraction of sp³-hybridized carbons (Fsp3) is 0.200. The predicted molar refractivity (Wildman–Crippen MR) is 158 cm³/mol. The molecule has 0 bridgehead atoms. The van der Waals surface area contributed by atoms with Crippen molar-refractivity contribution in [3.8, 4) is 22.3 Å². The summed E-state index contributed by atoms with van der Waals surface area (Å²) in [5.74, 6) is 0.436. The molecule has 0 spiro atoms. The van der Waals surface area contributed by atoms with E-state index in [0.717, 1.165) is 48.4 Å². The Morgan fingerprint density at radius 3 is 2.51 bits per heavy atom.